The first kappa shape index (κ1) is 12.9. The molecule has 0 aliphatic carbocycles. The van der Waals surface area contributed by atoms with Crippen LogP contribution in [0.4, 0.5) is 10.1 Å². The first-order valence-corrected chi connectivity index (χ1v) is 5.47. The molecule has 0 bridgehead atoms. The van der Waals surface area contributed by atoms with Gasteiger partial charge < -0.3 is 0 Å². The van der Waals surface area contributed by atoms with Crippen LogP contribution in [0.2, 0.25) is 0 Å². The van der Waals surface area contributed by atoms with Crippen LogP contribution in [0.5, 0.6) is 0 Å². The fraction of sp³-hybridized carbons (Fsp3) is 0.167. The van der Waals surface area contributed by atoms with E-state index in [9.17, 15) is 19.3 Å². The summed E-state index contributed by atoms with van der Waals surface area (Å²) in [6.07, 6.45) is 2.26. The highest BCUT2D eigenvalue weighted by Crippen LogP contribution is 2.17. The number of rotatable bonds is 4. The number of aromatic nitrogens is 2. The third-order valence-corrected chi connectivity index (χ3v) is 2.70. The Hall–Kier alpha value is -2.57. The van der Waals surface area contributed by atoms with Crippen molar-refractivity contribution in [2.45, 2.75) is 13.0 Å². The number of hydrogen-bond acceptors (Lipinski definition) is 4. The van der Waals surface area contributed by atoms with Gasteiger partial charge in [0.25, 0.3) is 0 Å². The molecule has 0 fully saturated rings. The summed E-state index contributed by atoms with van der Waals surface area (Å²) in [5.74, 6) is -0.725. The van der Waals surface area contributed by atoms with Crippen LogP contribution in [0.3, 0.4) is 0 Å². The van der Waals surface area contributed by atoms with Crippen molar-refractivity contribution in [2.24, 2.45) is 0 Å². The molecule has 1 heterocycles. The fourth-order valence-electron chi connectivity index (χ4n) is 1.61. The molecule has 1 unspecified atom stereocenters. The Morgan fingerprint density at radius 1 is 1.42 bits per heavy atom. The second-order valence-corrected chi connectivity index (χ2v) is 3.98. The van der Waals surface area contributed by atoms with Crippen molar-refractivity contribution in [2.75, 3.05) is 0 Å². The summed E-state index contributed by atoms with van der Waals surface area (Å²) < 4.78 is 14.0. The van der Waals surface area contributed by atoms with Crippen molar-refractivity contribution in [3.63, 3.8) is 0 Å². The third-order valence-electron chi connectivity index (χ3n) is 2.70. The highest BCUT2D eigenvalue weighted by atomic mass is 19.1. The van der Waals surface area contributed by atoms with Gasteiger partial charge in [-0.1, -0.05) is 0 Å². The normalized spacial score (nSPS) is 12.1. The Bertz CT molecular complexity index is 621. The molecule has 0 N–H and O–H groups in total. The van der Waals surface area contributed by atoms with Crippen molar-refractivity contribution in [3.8, 4) is 0 Å². The van der Waals surface area contributed by atoms with Crippen molar-refractivity contribution in [1.29, 1.82) is 0 Å². The second-order valence-electron chi connectivity index (χ2n) is 3.98. The number of carbonyl (C=O) groups is 1. The highest BCUT2D eigenvalue weighted by Gasteiger charge is 2.20. The quantitative estimate of drug-likeness (QED) is 0.482. The minimum absolute atomic E-state index is 0.182. The summed E-state index contributed by atoms with van der Waals surface area (Å²) in [4.78, 5) is 22.0. The zero-order valence-electron chi connectivity index (χ0n) is 9.99. The van der Waals surface area contributed by atoms with Crippen molar-refractivity contribution < 1.29 is 14.1 Å². The maximum atomic E-state index is 12.8. The van der Waals surface area contributed by atoms with Crippen LogP contribution in [-0.2, 0) is 0 Å². The fourth-order valence-corrected chi connectivity index (χ4v) is 1.61. The van der Waals surface area contributed by atoms with Crippen LogP contribution in [0.1, 0.15) is 23.3 Å². The SMILES string of the molecule is CC(C(=O)c1ccc(F)cc1)n1cc([N+](=O)[O-])cn1. The first-order chi connectivity index (χ1) is 8.99. The maximum Gasteiger partial charge on any atom is 0.307 e. The summed E-state index contributed by atoms with van der Waals surface area (Å²) in [6.45, 7) is 1.57. The Morgan fingerprint density at radius 3 is 2.58 bits per heavy atom. The van der Waals surface area contributed by atoms with Crippen LogP contribution in [0.25, 0.3) is 0 Å². The van der Waals surface area contributed by atoms with Gasteiger partial charge in [0, 0.05) is 5.56 Å². The number of hydrogen-bond donors (Lipinski definition) is 0. The van der Waals surface area contributed by atoms with Gasteiger partial charge in [-0.05, 0) is 31.2 Å². The molecule has 0 saturated carbocycles. The largest absolute Gasteiger partial charge is 0.307 e. The molecule has 0 saturated heterocycles. The first-order valence-electron chi connectivity index (χ1n) is 5.47. The predicted molar refractivity (Wildman–Crippen MR) is 64.3 cm³/mol. The number of Topliss-reactive ketones (excluding diaryl/α,β-unsaturated/α-hetero) is 1. The topological polar surface area (TPSA) is 78.0 Å². The molecule has 0 aliphatic rings. The van der Waals surface area contributed by atoms with Crippen LogP contribution in [0.15, 0.2) is 36.7 Å². The molecule has 6 nitrogen and oxygen atoms in total. The smallest absolute Gasteiger partial charge is 0.292 e. The van der Waals surface area contributed by atoms with Gasteiger partial charge in [-0.25, -0.2) is 4.39 Å². The van der Waals surface area contributed by atoms with Crippen LogP contribution in [0, 0.1) is 15.9 Å². The summed E-state index contributed by atoms with van der Waals surface area (Å²) >= 11 is 0. The second kappa shape index (κ2) is 4.97. The molecular formula is C12H10FN3O3. The van der Waals surface area contributed by atoms with E-state index >= 15 is 0 Å². The lowest BCUT2D eigenvalue weighted by molar-refractivity contribution is -0.385. The zero-order valence-corrected chi connectivity index (χ0v) is 9.99. The van der Waals surface area contributed by atoms with E-state index in [0.717, 1.165) is 6.20 Å². The van der Waals surface area contributed by atoms with Gasteiger partial charge in [0.2, 0.25) is 0 Å². The third kappa shape index (κ3) is 2.65. The minimum Gasteiger partial charge on any atom is -0.292 e. The average Bonchev–Trinajstić information content (AvgIpc) is 2.87. The molecule has 1 aromatic heterocycles. The molecule has 2 aromatic rings. The lowest BCUT2D eigenvalue weighted by Crippen LogP contribution is -2.17. The lowest BCUT2D eigenvalue weighted by Gasteiger charge is -2.10. The molecule has 0 amide bonds. The van der Waals surface area contributed by atoms with Gasteiger partial charge in [0.05, 0.1) is 4.92 Å². The predicted octanol–water partition coefficient (Wildman–Crippen LogP) is 2.37. The summed E-state index contributed by atoms with van der Waals surface area (Å²) in [7, 11) is 0. The Balaban J connectivity index is 2.22. The van der Waals surface area contributed by atoms with E-state index in [4.69, 9.17) is 0 Å². The number of nitrogens with zero attached hydrogens (tertiary/aromatic N) is 3. The number of ketones is 1. The summed E-state index contributed by atoms with van der Waals surface area (Å²) in [6, 6.07) is 4.41. The highest BCUT2D eigenvalue weighted by molar-refractivity contribution is 5.98. The average molecular weight is 263 g/mol. The standard InChI is InChI=1S/C12H10FN3O3/c1-8(15-7-11(6-14-15)16(18)19)12(17)9-2-4-10(13)5-3-9/h2-8H,1H3. The van der Waals surface area contributed by atoms with Gasteiger partial charge in [-0.2, -0.15) is 5.10 Å². The van der Waals surface area contributed by atoms with E-state index in [1.807, 2.05) is 0 Å². The maximum absolute atomic E-state index is 12.8. The van der Waals surface area contributed by atoms with Crippen LogP contribution >= 0.6 is 0 Å². The van der Waals surface area contributed by atoms with Crippen LogP contribution in [-0.4, -0.2) is 20.5 Å². The molecule has 7 heteroatoms. The van der Waals surface area contributed by atoms with E-state index in [-0.39, 0.29) is 11.5 Å². The Labute approximate surface area is 107 Å². The van der Waals surface area contributed by atoms with E-state index in [1.165, 1.54) is 35.1 Å². The van der Waals surface area contributed by atoms with Crippen molar-refractivity contribution in [3.05, 3.63) is 58.2 Å². The molecule has 98 valence electrons. The van der Waals surface area contributed by atoms with E-state index in [2.05, 4.69) is 5.10 Å². The number of halogens is 1. The zero-order chi connectivity index (χ0) is 14.0. The molecule has 1 aromatic carbocycles. The molecule has 0 radical (unpaired) electrons. The number of nitro groups is 1. The van der Waals surface area contributed by atoms with E-state index in [1.54, 1.807) is 6.92 Å². The molecule has 0 aliphatic heterocycles. The van der Waals surface area contributed by atoms with Gasteiger partial charge in [0.15, 0.2) is 5.78 Å². The molecule has 0 spiro atoms. The van der Waals surface area contributed by atoms with Gasteiger partial charge >= 0.3 is 5.69 Å². The van der Waals surface area contributed by atoms with Crippen molar-refractivity contribution >= 4 is 11.5 Å². The number of carbonyl (C=O) groups excluding carboxylic acids is 1. The molecule has 19 heavy (non-hydrogen) atoms. The summed E-state index contributed by atoms with van der Waals surface area (Å²) in [5, 5.41) is 14.3. The van der Waals surface area contributed by atoms with Crippen LogP contribution < -0.4 is 0 Å². The summed E-state index contributed by atoms with van der Waals surface area (Å²) in [5.41, 5.74) is 0.144. The van der Waals surface area contributed by atoms with Gasteiger partial charge in [-0.3, -0.25) is 19.6 Å². The minimum atomic E-state index is -0.695. The van der Waals surface area contributed by atoms with E-state index < -0.39 is 16.8 Å². The lowest BCUT2D eigenvalue weighted by atomic mass is 10.1. The Kier molecular flexibility index (Phi) is 3.37. The number of benzene rings is 1. The monoisotopic (exact) mass is 263 g/mol. The van der Waals surface area contributed by atoms with Gasteiger partial charge in [-0.15, -0.1) is 0 Å². The van der Waals surface area contributed by atoms with Gasteiger partial charge in [0.1, 0.15) is 24.3 Å². The van der Waals surface area contributed by atoms with Crippen molar-refractivity contribution in [1.82, 2.24) is 9.78 Å². The Morgan fingerprint density at radius 2 is 2.05 bits per heavy atom. The van der Waals surface area contributed by atoms with E-state index in [0.29, 0.717) is 5.56 Å². The molecule has 1 atom stereocenters. The molecule has 2 rings (SSSR count). The molecular weight excluding hydrogens is 253 g/mol.